The minimum Gasteiger partial charge on any atom is -0.494 e. The van der Waals surface area contributed by atoms with Gasteiger partial charge in [-0.2, -0.15) is 0 Å². The monoisotopic (exact) mass is 296 g/mol. The molecule has 0 spiro atoms. The number of nitrogens with zero attached hydrogens (tertiary/aromatic N) is 1. The maximum absolute atomic E-state index is 13.7. The van der Waals surface area contributed by atoms with Crippen molar-refractivity contribution >= 4 is 0 Å². The fourth-order valence-electron chi connectivity index (χ4n) is 2.75. The summed E-state index contributed by atoms with van der Waals surface area (Å²) in [5.41, 5.74) is 7.13. The van der Waals surface area contributed by atoms with E-state index < -0.39 is 0 Å². The van der Waals surface area contributed by atoms with E-state index in [2.05, 4.69) is 11.8 Å². The van der Waals surface area contributed by atoms with Gasteiger partial charge < -0.3 is 15.2 Å². The molecule has 0 radical (unpaired) electrons. The fourth-order valence-corrected chi connectivity index (χ4v) is 2.75. The Labute approximate surface area is 126 Å². The Morgan fingerprint density at radius 3 is 3.00 bits per heavy atom. The molecule has 1 fully saturated rings. The molecule has 2 unspecified atom stereocenters. The van der Waals surface area contributed by atoms with E-state index in [0.29, 0.717) is 6.42 Å². The van der Waals surface area contributed by atoms with Crippen LogP contribution < -0.4 is 10.5 Å². The molecule has 2 rings (SSSR count). The zero-order chi connectivity index (χ0) is 15.2. The minimum absolute atomic E-state index is 0.00969. The van der Waals surface area contributed by atoms with Crippen molar-refractivity contribution in [3.8, 4) is 5.75 Å². The van der Waals surface area contributed by atoms with Gasteiger partial charge in [-0.3, -0.25) is 4.90 Å². The SMILES string of the molecule is CCCN1CCOC(C(N)Cc2ccc(OC)c(F)c2)C1. The van der Waals surface area contributed by atoms with Crippen LogP contribution >= 0.6 is 0 Å². The summed E-state index contributed by atoms with van der Waals surface area (Å²) in [5, 5.41) is 0. The average Bonchev–Trinajstić information content (AvgIpc) is 2.48. The third kappa shape index (κ3) is 4.40. The molecule has 0 saturated carbocycles. The van der Waals surface area contributed by atoms with E-state index in [-0.39, 0.29) is 23.7 Å². The molecule has 1 aliphatic heterocycles. The highest BCUT2D eigenvalue weighted by atomic mass is 19.1. The average molecular weight is 296 g/mol. The van der Waals surface area contributed by atoms with Crippen LogP contribution in [0.1, 0.15) is 18.9 Å². The van der Waals surface area contributed by atoms with E-state index in [1.54, 1.807) is 6.07 Å². The van der Waals surface area contributed by atoms with Gasteiger partial charge in [0, 0.05) is 19.1 Å². The lowest BCUT2D eigenvalue weighted by atomic mass is 10.0. The highest BCUT2D eigenvalue weighted by molar-refractivity contribution is 5.29. The predicted octanol–water partition coefficient (Wildman–Crippen LogP) is 1.81. The van der Waals surface area contributed by atoms with E-state index >= 15 is 0 Å². The Morgan fingerprint density at radius 1 is 1.52 bits per heavy atom. The minimum atomic E-state index is -0.348. The van der Waals surface area contributed by atoms with Gasteiger partial charge in [0.2, 0.25) is 0 Å². The number of nitrogens with two attached hydrogens (primary N) is 1. The van der Waals surface area contributed by atoms with Gasteiger partial charge in [0.15, 0.2) is 11.6 Å². The van der Waals surface area contributed by atoms with Crippen molar-refractivity contribution < 1.29 is 13.9 Å². The number of hydrogen-bond acceptors (Lipinski definition) is 4. The molecule has 0 aliphatic carbocycles. The number of benzene rings is 1. The molecule has 1 aromatic rings. The maximum Gasteiger partial charge on any atom is 0.165 e. The lowest BCUT2D eigenvalue weighted by molar-refractivity contribution is -0.0400. The van der Waals surface area contributed by atoms with Crippen molar-refractivity contribution in [2.24, 2.45) is 5.73 Å². The highest BCUT2D eigenvalue weighted by Crippen LogP contribution is 2.19. The quantitative estimate of drug-likeness (QED) is 0.870. The molecule has 0 bridgehead atoms. The Balaban J connectivity index is 1.94. The van der Waals surface area contributed by atoms with Crippen molar-refractivity contribution in [3.05, 3.63) is 29.6 Å². The number of rotatable bonds is 6. The summed E-state index contributed by atoms with van der Waals surface area (Å²) < 4.78 is 24.4. The van der Waals surface area contributed by atoms with Crippen LogP contribution in [0.5, 0.6) is 5.75 Å². The molecule has 118 valence electrons. The standard InChI is InChI=1S/C16H25FN2O2/c1-3-6-19-7-8-21-16(11-19)14(18)10-12-4-5-15(20-2)13(17)9-12/h4-5,9,14,16H,3,6-8,10-11,18H2,1-2H3. The summed E-state index contributed by atoms with van der Waals surface area (Å²) in [6, 6.07) is 4.86. The zero-order valence-corrected chi connectivity index (χ0v) is 12.8. The summed E-state index contributed by atoms with van der Waals surface area (Å²) in [6.07, 6.45) is 1.74. The molecule has 0 amide bonds. The summed E-state index contributed by atoms with van der Waals surface area (Å²) in [5.74, 6) is -0.0882. The van der Waals surface area contributed by atoms with Crippen LogP contribution in [0.2, 0.25) is 0 Å². The third-order valence-electron chi connectivity index (χ3n) is 3.88. The normalized spacial score (nSPS) is 21.2. The number of methoxy groups -OCH3 is 1. The van der Waals surface area contributed by atoms with Gasteiger partial charge in [-0.15, -0.1) is 0 Å². The third-order valence-corrected chi connectivity index (χ3v) is 3.88. The molecule has 1 saturated heterocycles. The predicted molar refractivity (Wildman–Crippen MR) is 81.1 cm³/mol. The van der Waals surface area contributed by atoms with Gasteiger partial charge >= 0.3 is 0 Å². The van der Waals surface area contributed by atoms with Gasteiger partial charge in [-0.05, 0) is 37.1 Å². The largest absolute Gasteiger partial charge is 0.494 e. The van der Waals surface area contributed by atoms with Crippen molar-refractivity contribution in [1.29, 1.82) is 0 Å². The molecule has 1 aliphatic rings. The number of ether oxygens (including phenoxy) is 2. The first-order valence-corrected chi connectivity index (χ1v) is 7.56. The topological polar surface area (TPSA) is 47.7 Å². The van der Waals surface area contributed by atoms with Crippen LogP contribution in [-0.2, 0) is 11.2 Å². The van der Waals surface area contributed by atoms with E-state index in [9.17, 15) is 4.39 Å². The first-order valence-electron chi connectivity index (χ1n) is 7.56. The van der Waals surface area contributed by atoms with Crippen LogP contribution in [0.15, 0.2) is 18.2 Å². The van der Waals surface area contributed by atoms with Crippen LogP contribution in [-0.4, -0.2) is 50.4 Å². The van der Waals surface area contributed by atoms with Gasteiger partial charge in [0.25, 0.3) is 0 Å². The van der Waals surface area contributed by atoms with Crippen LogP contribution in [0.3, 0.4) is 0 Å². The Bertz CT molecular complexity index is 454. The lowest BCUT2D eigenvalue weighted by Crippen LogP contribution is -2.51. The molecule has 1 aromatic carbocycles. The fraction of sp³-hybridized carbons (Fsp3) is 0.625. The Morgan fingerprint density at radius 2 is 2.33 bits per heavy atom. The Kier molecular flexibility index (Phi) is 5.96. The second-order valence-corrected chi connectivity index (χ2v) is 5.55. The van der Waals surface area contributed by atoms with Crippen LogP contribution in [0.25, 0.3) is 0 Å². The van der Waals surface area contributed by atoms with E-state index in [4.69, 9.17) is 15.2 Å². The molecular formula is C16H25FN2O2. The summed E-state index contributed by atoms with van der Waals surface area (Å²) >= 11 is 0. The smallest absolute Gasteiger partial charge is 0.165 e. The van der Waals surface area contributed by atoms with Crippen molar-refractivity contribution in [1.82, 2.24) is 4.90 Å². The highest BCUT2D eigenvalue weighted by Gasteiger charge is 2.25. The molecule has 0 aromatic heterocycles. The van der Waals surface area contributed by atoms with Gasteiger partial charge in [-0.1, -0.05) is 13.0 Å². The van der Waals surface area contributed by atoms with E-state index in [1.165, 1.54) is 13.2 Å². The number of morpholine rings is 1. The van der Waals surface area contributed by atoms with Crippen LogP contribution in [0, 0.1) is 5.82 Å². The Hall–Kier alpha value is -1.17. The van der Waals surface area contributed by atoms with E-state index in [1.807, 2.05) is 6.07 Å². The lowest BCUT2D eigenvalue weighted by Gasteiger charge is -2.35. The van der Waals surface area contributed by atoms with Crippen molar-refractivity contribution in [2.75, 3.05) is 33.4 Å². The van der Waals surface area contributed by atoms with Gasteiger partial charge in [-0.25, -0.2) is 4.39 Å². The van der Waals surface area contributed by atoms with Crippen molar-refractivity contribution in [2.45, 2.75) is 31.9 Å². The molecule has 5 heteroatoms. The second kappa shape index (κ2) is 7.73. The first kappa shape index (κ1) is 16.2. The summed E-state index contributed by atoms with van der Waals surface area (Å²) in [6.45, 7) is 5.78. The first-order chi connectivity index (χ1) is 10.1. The molecule has 2 N–H and O–H groups in total. The number of hydrogen-bond donors (Lipinski definition) is 1. The summed E-state index contributed by atoms with van der Waals surface area (Å²) in [4.78, 5) is 2.38. The van der Waals surface area contributed by atoms with Crippen LogP contribution in [0.4, 0.5) is 4.39 Å². The van der Waals surface area contributed by atoms with Gasteiger partial charge in [0.1, 0.15) is 0 Å². The second-order valence-electron chi connectivity index (χ2n) is 5.55. The zero-order valence-electron chi connectivity index (χ0n) is 12.8. The molecular weight excluding hydrogens is 271 g/mol. The van der Waals surface area contributed by atoms with E-state index in [0.717, 1.165) is 38.2 Å². The van der Waals surface area contributed by atoms with Gasteiger partial charge in [0.05, 0.1) is 19.8 Å². The summed E-state index contributed by atoms with van der Waals surface area (Å²) in [7, 11) is 1.46. The molecule has 2 atom stereocenters. The molecule has 4 nitrogen and oxygen atoms in total. The van der Waals surface area contributed by atoms with Crippen molar-refractivity contribution in [3.63, 3.8) is 0 Å². The molecule has 1 heterocycles. The molecule has 21 heavy (non-hydrogen) atoms. The maximum atomic E-state index is 13.7. The number of halogens is 1.